The summed E-state index contributed by atoms with van der Waals surface area (Å²) in [6.07, 6.45) is 1.99. The maximum absolute atomic E-state index is 12.2. The molecule has 8 heteroatoms. The van der Waals surface area contributed by atoms with Crippen molar-refractivity contribution in [2.45, 2.75) is 20.3 Å². The van der Waals surface area contributed by atoms with E-state index in [4.69, 9.17) is 4.74 Å². The first-order valence-corrected chi connectivity index (χ1v) is 10.8. The van der Waals surface area contributed by atoms with Crippen molar-refractivity contribution < 1.29 is 22.8 Å². The lowest BCUT2D eigenvalue weighted by Crippen LogP contribution is -3.14. The maximum Gasteiger partial charge on any atom is 0.240 e. The van der Waals surface area contributed by atoms with E-state index in [0.29, 0.717) is 12.2 Å². The Bertz CT molecular complexity index is 715. The van der Waals surface area contributed by atoms with Crippen LogP contribution in [0.4, 0.5) is 5.69 Å². The zero-order chi connectivity index (χ0) is 19.2. The predicted octanol–water partition coefficient (Wildman–Crippen LogP) is -0.509. The average Bonchev–Trinajstić information content (AvgIpc) is 2.59. The number of hydrogen-bond donors (Lipinski definition) is 2. The molecule has 0 radical (unpaired) electrons. The first-order valence-electron chi connectivity index (χ1n) is 9.00. The quantitative estimate of drug-likeness (QED) is 0.592. The van der Waals surface area contributed by atoms with Gasteiger partial charge in [0.1, 0.15) is 19.6 Å². The lowest BCUT2D eigenvalue weighted by molar-refractivity contribution is -0.908. The van der Waals surface area contributed by atoms with Gasteiger partial charge in [0.15, 0.2) is 0 Å². The Morgan fingerprint density at radius 3 is 2.54 bits per heavy atom. The summed E-state index contributed by atoms with van der Waals surface area (Å²) in [5.74, 6) is -0.286. The molecule has 1 fully saturated rings. The first-order chi connectivity index (χ1) is 12.3. The topological polar surface area (TPSA) is 80.2 Å². The van der Waals surface area contributed by atoms with Crippen LogP contribution in [0, 0.1) is 13.8 Å². The highest BCUT2D eigenvalue weighted by Crippen LogP contribution is 2.20. The zero-order valence-electron chi connectivity index (χ0n) is 15.9. The molecule has 0 aromatic heterocycles. The number of hydrogen-bond acceptors (Lipinski definition) is 4. The third-order valence-corrected chi connectivity index (χ3v) is 5.84. The summed E-state index contributed by atoms with van der Waals surface area (Å²) in [5, 5.41) is 2.83. The van der Waals surface area contributed by atoms with E-state index in [9.17, 15) is 13.2 Å². The van der Waals surface area contributed by atoms with Crippen LogP contribution in [0.1, 0.15) is 17.5 Å². The summed E-state index contributed by atoms with van der Waals surface area (Å²) in [4.78, 5) is 13.7. The molecule has 2 rings (SSSR count). The van der Waals surface area contributed by atoms with Crippen molar-refractivity contribution >= 4 is 21.6 Å². The van der Waals surface area contributed by atoms with Crippen LogP contribution in [0.5, 0.6) is 0 Å². The third-order valence-electron chi connectivity index (χ3n) is 4.70. The van der Waals surface area contributed by atoms with Crippen molar-refractivity contribution in [1.29, 1.82) is 0 Å². The van der Waals surface area contributed by atoms with E-state index >= 15 is 0 Å². The number of anilines is 1. The molecule has 1 amide bonds. The Morgan fingerprint density at radius 2 is 1.92 bits per heavy atom. The minimum Gasteiger partial charge on any atom is -0.370 e. The van der Waals surface area contributed by atoms with E-state index in [-0.39, 0.29) is 12.5 Å². The lowest BCUT2D eigenvalue weighted by Gasteiger charge is -2.24. The fourth-order valence-electron chi connectivity index (χ4n) is 2.94. The van der Waals surface area contributed by atoms with Crippen molar-refractivity contribution in [1.82, 2.24) is 5.32 Å². The lowest BCUT2D eigenvalue weighted by atomic mass is 10.1. The normalized spacial score (nSPS) is 15.7. The minimum atomic E-state index is -3.54. The summed E-state index contributed by atoms with van der Waals surface area (Å²) in [6.45, 7) is 8.81. The minimum absolute atomic E-state index is 0.203. The van der Waals surface area contributed by atoms with Crippen molar-refractivity contribution in [2.24, 2.45) is 0 Å². The summed E-state index contributed by atoms with van der Waals surface area (Å²) in [5.41, 5.74) is 2.59. The molecule has 0 bridgehead atoms. The second kappa shape index (κ2) is 9.34. The molecule has 1 saturated heterocycles. The van der Waals surface area contributed by atoms with Crippen molar-refractivity contribution in [3.05, 3.63) is 29.3 Å². The number of morpholine rings is 1. The fraction of sp³-hybridized carbons (Fsp3) is 0.611. The molecule has 0 unspecified atom stereocenters. The van der Waals surface area contributed by atoms with Crippen molar-refractivity contribution in [3.63, 3.8) is 0 Å². The molecule has 1 aliphatic rings. The molecule has 146 valence electrons. The molecule has 1 aliphatic heterocycles. The van der Waals surface area contributed by atoms with Crippen LogP contribution in [0.2, 0.25) is 0 Å². The van der Waals surface area contributed by atoms with E-state index in [1.54, 1.807) is 12.1 Å². The number of benzene rings is 1. The Kier molecular flexibility index (Phi) is 7.43. The summed E-state index contributed by atoms with van der Waals surface area (Å²) in [6, 6.07) is 5.40. The predicted molar refractivity (Wildman–Crippen MR) is 102 cm³/mol. The van der Waals surface area contributed by atoms with Crippen LogP contribution in [0.25, 0.3) is 0 Å². The number of quaternary nitrogens is 1. The van der Waals surface area contributed by atoms with Gasteiger partial charge in [0.2, 0.25) is 15.9 Å². The average molecular weight is 385 g/mol. The molecular formula is C18H30N3O4S+. The Balaban J connectivity index is 1.87. The Hall–Kier alpha value is -1.64. The highest BCUT2D eigenvalue weighted by molar-refractivity contribution is 7.92. The third kappa shape index (κ3) is 6.26. The molecule has 26 heavy (non-hydrogen) atoms. The van der Waals surface area contributed by atoms with Crippen LogP contribution in [-0.2, 0) is 19.6 Å². The fourth-order valence-corrected chi connectivity index (χ4v) is 3.79. The molecule has 0 atom stereocenters. The van der Waals surface area contributed by atoms with Crippen LogP contribution >= 0.6 is 0 Å². The molecule has 0 spiro atoms. The van der Waals surface area contributed by atoms with E-state index < -0.39 is 10.0 Å². The van der Waals surface area contributed by atoms with Gasteiger partial charge in [-0.1, -0.05) is 6.07 Å². The maximum atomic E-state index is 12.2. The summed E-state index contributed by atoms with van der Waals surface area (Å²) >= 11 is 0. The number of nitrogens with one attached hydrogen (secondary N) is 2. The molecular weight excluding hydrogens is 354 g/mol. The molecule has 2 N–H and O–H groups in total. The molecule has 0 aliphatic carbocycles. The van der Waals surface area contributed by atoms with Gasteiger partial charge < -0.3 is 15.0 Å². The van der Waals surface area contributed by atoms with Crippen LogP contribution in [-0.4, -0.2) is 66.5 Å². The van der Waals surface area contributed by atoms with Crippen molar-refractivity contribution in [2.75, 3.05) is 56.5 Å². The van der Waals surface area contributed by atoms with Gasteiger partial charge in [0.05, 0.1) is 31.7 Å². The second-order valence-corrected chi connectivity index (χ2v) is 8.76. The number of carbonyl (C=O) groups is 1. The highest BCUT2D eigenvalue weighted by atomic mass is 32.2. The van der Waals surface area contributed by atoms with Gasteiger partial charge in [-0.15, -0.1) is 0 Å². The molecule has 1 aromatic rings. The van der Waals surface area contributed by atoms with Gasteiger partial charge in [0, 0.05) is 13.0 Å². The molecule has 7 nitrogen and oxygen atoms in total. The second-order valence-electron chi connectivity index (χ2n) is 6.85. The van der Waals surface area contributed by atoms with E-state index in [1.165, 1.54) is 4.90 Å². The number of sulfonamides is 1. The van der Waals surface area contributed by atoms with Gasteiger partial charge in [-0.2, -0.15) is 0 Å². The number of amides is 1. The van der Waals surface area contributed by atoms with Gasteiger partial charge in [-0.25, -0.2) is 8.42 Å². The zero-order valence-corrected chi connectivity index (χ0v) is 16.7. The largest absolute Gasteiger partial charge is 0.370 e. The Morgan fingerprint density at radius 1 is 1.23 bits per heavy atom. The van der Waals surface area contributed by atoms with E-state index in [2.05, 4.69) is 5.32 Å². The molecule has 0 saturated carbocycles. The monoisotopic (exact) mass is 384 g/mol. The smallest absolute Gasteiger partial charge is 0.240 e. The van der Waals surface area contributed by atoms with Crippen LogP contribution in [0.3, 0.4) is 0 Å². The van der Waals surface area contributed by atoms with Gasteiger partial charge in [0.25, 0.3) is 0 Å². The Labute approximate surface area is 156 Å². The SMILES string of the molecule is Cc1ccc(N(CC(=O)NCCC[NH+]2CCOCC2)S(C)(=O)=O)cc1C. The number of carbonyl (C=O) groups excluding carboxylic acids is 1. The van der Waals surface area contributed by atoms with E-state index in [0.717, 1.165) is 61.0 Å². The number of nitrogens with zero attached hydrogens (tertiary/aromatic N) is 1. The van der Waals surface area contributed by atoms with Gasteiger partial charge in [-0.3, -0.25) is 9.10 Å². The van der Waals surface area contributed by atoms with Gasteiger partial charge >= 0.3 is 0 Å². The standard InChI is InChI=1S/C18H29N3O4S/c1-15-5-6-17(13-16(15)2)21(26(3,23)24)14-18(22)19-7-4-8-20-9-11-25-12-10-20/h5-6,13H,4,7-12,14H2,1-3H3,(H,19,22)/p+1. The van der Waals surface area contributed by atoms with Gasteiger partial charge in [-0.05, 0) is 37.1 Å². The van der Waals surface area contributed by atoms with E-state index in [1.807, 2.05) is 19.9 Å². The first kappa shape index (κ1) is 20.7. The number of rotatable bonds is 8. The van der Waals surface area contributed by atoms with Crippen LogP contribution in [0.15, 0.2) is 18.2 Å². The number of ether oxygens (including phenoxy) is 1. The summed E-state index contributed by atoms with van der Waals surface area (Å²) < 4.78 is 30.7. The molecule has 1 heterocycles. The van der Waals surface area contributed by atoms with Crippen LogP contribution < -0.4 is 14.5 Å². The number of aryl methyl sites for hydroxylation is 2. The summed E-state index contributed by atoms with van der Waals surface area (Å²) in [7, 11) is -3.54. The van der Waals surface area contributed by atoms with Crippen molar-refractivity contribution in [3.8, 4) is 0 Å². The molecule has 1 aromatic carbocycles. The highest BCUT2D eigenvalue weighted by Gasteiger charge is 2.21.